The smallest absolute Gasteiger partial charge is 0.175 e. The zero-order valence-electron chi connectivity index (χ0n) is 10.4. The van der Waals surface area contributed by atoms with Gasteiger partial charge in [0, 0.05) is 11.1 Å². The lowest BCUT2D eigenvalue weighted by Gasteiger charge is -2.08. The summed E-state index contributed by atoms with van der Waals surface area (Å²) in [4.78, 5) is 1.35. The van der Waals surface area contributed by atoms with Crippen molar-refractivity contribution >= 4 is 48.7 Å². The summed E-state index contributed by atoms with van der Waals surface area (Å²) in [5.41, 5.74) is 2.04. The zero-order chi connectivity index (χ0) is 14.2. The van der Waals surface area contributed by atoms with Crippen molar-refractivity contribution in [1.29, 1.82) is 0 Å². The molecule has 1 unspecified atom stereocenters. The topological polar surface area (TPSA) is 34.1 Å². The molecule has 1 aromatic carbocycles. The number of hydrogen-bond acceptors (Lipinski definition) is 3. The maximum Gasteiger partial charge on any atom is 0.175 e. The molecule has 0 bridgehead atoms. The molecule has 0 N–H and O–H groups in total. The largest absolute Gasteiger partial charge is 0.224 e. The summed E-state index contributed by atoms with van der Waals surface area (Å²) >= 11 is 11.5. The maximum absolute atomic E-state index is 11.4. The summed E-state index contributed by atoms with van der Waals surface area (Å²) in [7, 11) is -3.16. The average Bonchev–Trinajstić information content (AvgIpc) is 2.68. The Labute approximate surface area is 130 Å². The number of alkyl halides is 1. The predicted molar refractivity (Wildman–Crippen MR) is 84.0 cm³/mol. The number of rotatable bonds is 3. The van der Waals surface area contributed by atoms with Crippen molar-refractivity contribution in [3.05, 3.63) is 50.1 Å². The Balaban J connectivity index is 2.32. The maximum atomic E-state index is 11.4. The van der Waals surface area contributed by atoms with Crippen LogP contribution in [0.5, 0.6) is 0 Å². The number of sulfone groups is 1. The highest BCUT2D eigenvalue weighted by molar-refractivity contribution is 9.11. The zero-order valence-corrected chi connectivity index (χ0v) is 14.3. The molecule has 102 valence electrons. The monoisotopic (exact) mass is 378 g/mol. The van der Waals surface area contributed by atoms with E-state index in [0.717, 1.165) is 19.8 Å². The van der Waals surface area contributed by atoms with Gasteiger partial charge in [0.1, 0.15) is 0 Å². The molecular weight excluding hydrogens is 368 g/mol. The molecule has 0 saturated carbocycles. The van der Waals surface area contributed by atoms with Crippen molar-refractivity contribution in [2.75, 3.05) is 6.26 Å². The minimum Gasteiger partial charge on any atom is -0.224 e. The van der Waals surface area contributed by atoms with Gasteiger partial charge in [0.05, 0.1) is 14.1 Å². The van der Waals surface area contributed by atoms with Crippen LogP contribution in [0.25, 0.3) is 0 Å². The molecular formula is C13H12BrClO2S2. The van der Waals surface area contributed by atoms with Crippen LogP contribution in [-0.2, 0) is 9.84 Å². The Hall–Kier alpha value is -0.360. The van der Waals surface area contributed by atoms with Gasteiger partial charge in [-0.25, -0.2) is 8.42 Å². The minimum atomic E-state index is -3.16. The second kappa shape index (κ2) is 5.56. The fraction of sp³-hybridized carbons (Fsp3) is 0.231. The van der Waals surface area contributed by atoms with E-state index >= 15 is 0 Å². The number of hydrogen-bond donors (Lipinski definition) is 0. The van der Waals surface area contributed by atoms with Crippen LogP contribution >= 0.6 is 38.9 Å². The van der Waals surface area contributed by atoms with E-state index in [1.165, 1.54) is 6.26 Å². The van der Waals surface area contributed by atoms with Gasteiger partial charge in [0.15, 0.2) is 9.84 Å². The second-order valence-corrected chi connectivity index (χ2v) is 9.16. The van der Waals surface area contributed by atoms with Crippen LogP contribution in [0.4, 0.5) is 0 Å². The molecule has 2 nitrogen and oxygen atoms in total. The van der Waals surface area contributed by atoms with Gasteiger partial charge in [0.2, 0.25) is 0 Å². The van der Waals surface area contributed by atoms with Crippen molar-refractivity contribution in [2.45, 2.75) is 17.2 Å². The normalized spacial score (nSPS) is 13.5. The highest BCUT2D eigenvalue weighted by Gasteiger charge is 2.16. The molecule has 1 heterocycles. The molecule has 6 heteroatoms. The van der Waals surface area contributed by atoms with E-state index < -0.39 is 9.84 Å². The fourth-order valence-corrected chi connectivity index (χ4v) is 4.21. The van der Waals surface area contributed by atoms with Gasteiger partial charge in [0.25, 0.3) is 0 Å². The van der Waals surface area contributed by atoms with Crippen LogP contribution < -0.4 is 0 Å². The molecule has 2 aromatic rings. The SMILES string of the molecule is Cc1cc(C(Cl)c2ccc(S(C)(=O)=O)cc2)sc1Br. The second-order valence-electron chi connectivity index (χ2n) is 4.31. The number of thiophene rings is 1. The van der Waals surface area contributed by atoms with Gasteiger partial charge < -0.3 is 0 Å². The highest BCUT2D eigenvalue weighted by Crippen LogP contribution is 2.38. The molecule has 0 radical (unpaired) electrons. The van der Waals surface area contributed by atoms with Crippen LogP contribution in [0.2, 0.25) is 0 Å². The van der Waals surface area contributed by atoms with Gasteiger partial charge in [-0.15, -0.1) is 22.9 Å². The first-order chi connectivity index (χ1) is 8.79. The van der Waals surface area contributed by atoms with E-state index in [1.54, 1.807) is 35.6 Å². The molecule has 0 fully saturated rings. The molecule has 0 spiro atoms. The van der Waals surface area contributed by atoms with E-state index in [4.69, 9.17) is 11.6 Å². The summed E-state index contributed by atoms with van der Waals surface area (Å²) in [6, 6.07) is 8.75. The molecule has 0 aliphatic rings. The molecule has 19 heavy (non-hydrogen) atoms. The first-order valence-corrected chi connectivity index (χ1v) is 9.42. The third kappa shape index (κ3) is 3.40. The molecule has 1 atom stereocenters. The van der Waals surface area contributed by atoms with E-state index in [0.29, 0.717) is 4.90 Å². The number of halogens is 2. The Bertz CT molecular complexity index is 670. The fourth-order valence-electron chi connectivity index (χ4n) is 1.66. The minimum absolute atomic E-state index is 0.261. The van der Waals surface area contributed by atoms with Crippen LogP contribution in [0.1, 0.15) is 21.4 Å². The van der Waals surface area contributed by atoms with Crippen molar-refractivity contribution < 1.29 is 8.42 Å². The van der Waals surface area contributed by atoms with Gasteiger partial charge in [-0.2, -0.15) is 0 Å². The summed E-state index contributed by atoms with van der Waals surface area (Å²) in [5.74, 6) is 0. The van der Waals surface area contributed by atoms with Crippen LogP contribution in [0, 0.1) is 6.92 Å². The van der Waals surface area contributed by atoms with E-state index in [2.05, 4.69) is 15.9 Å². The summed E-state index contributed by atoms with van der Waals surface area (Å²) in [6.45, 7) is 2.01. The van der Waals surface area contributed by atoms with E-state index in [9.17, 15) is 8.42 Å². The molecule has 0 aliphatic heterocycles. The molecule has 0 amide bonds. The van der Waals surface area contributed by atoms with Crippen LogP contribution in [0.3, 0.4) is 0 Å². The Morgan fingerprint density at radius 1 is 1.26 bits per heavy atom. The molecule has 0 saturated heterocycles. The Kier molecular flexibility index (Phi) is 4.40. The highest BCUT2D eigenvalue weighted by atomic mass is 79.9. The van der Waals surface area contributed by atoms with Crippen LogP contribution in [-0.4, -0.2) is 14.7 Å². The number of benzene rings is 1. The van der Waals surface area contributed by atoms with Gasteiger partial charge >= 0.3 is 0 Å². The van der Waals surface area contributed by atoms with Gasteiger partial charge in [-0.05, 0) is 52.2 Å². The lowest BCUT2D eigenvalue weighted by Crippen LogP contribution is -1.98. The van der Waals surface area contributed by atoms with Crippen molar-refractivity contribution in [2.24, 2.45) is 0 Å². The quantitative estimate of drug-likeness (QED) is 0.733. The molecule has 2 rings (SSSR count). The molecule has 0 aliphatic carbocycles. The van der Waals surface area contributed by atoms with Crippen molar-refractivity contribution in [1.82, 2.24) is 0 Å². The summed E-state index contributed by atoms with van der Waals surface area (Å²) < 4.78 is 23.9. The average molecular weight is 380 g/mol. The summed E-state index contributed by atoms with van der Waals surface area (Å²) in [6.07, 6.45) is 1.19. The third-order valence-electron chi connectivity index (χ3n) is 2.73. The van der Waals surface area contributed by atoms with Gasteiger partial charge in [-0.3, -0.25) is 0 Å². The first kappa shape index (κ1) is 15.0. The van der Waals surface area contributed by atoms with E-state index in [-0.39, 0.29) is 5.38 Å². The lowest BCUT2D eigenvalue weighted by atomic mass is 10.1. The Morgan fingerprint density at radius 2 is 1.84 bits per heavy atom. The first-order valence-electron chi connectivity index (χ1n) is 5.49. The molecule has 1 aromatic heterocycles. The predicted octanol–water partition coefficient (Wildman–Crippen LogP) is 4.55. The Morgan fingerprint density at radius 3 is 2.26 bits per heavy atom. The van der Waals surface area contributed by atoms with E-state index in [1.807, 2.05) is 13.0 Å². The standard InChI is InChI=1S/C13H12BrClO2S2/c1-8-7-11(18-13(8)14)12(15)9-3-5-10(6-4-9)19(2,16)17/h3-7,12H,1-2H3. The number of aryl methyl sites for hydroxylation is 1. The summed E-state index contributed by atoms with van der Waals surface area (Å²) in [5, 5.41) is -0.261. The third-order valence-corrected chi connectivity index (χ3v) is 6.67. The van der Waals surface area contributed by atoms with Crippen molar-refractivity contribution in [3.8, 4) is 0 Å². The van der Waals surface area contributed by atoms with Crippen LogP contribution in [0.15, 0.2) is 39.0 Å². The lowest BCUT2D eigenvalue weighted by molar-refractivity contribution is 0.602. The van der Waals surface area contributed by atoms with Gasteiger partial charge in [-0.1, -0.05) is 12.1 Å². The van der Waals surface area contributed by atoms with Crippen molar-refractivity contribution in [3.63, 3.8) is 0 Å².